The molecule has 1 aliphatic heterocycles. The summed E-state index contributed by atoms with van der Waals surface area (Å²) in [5, 5.41) is 0. The summed E-state index contributed by atoms with van der Waals surface area (Å²) in [6.07, 6.45) is 11.5. The second kappa shape index (κ2) is 10.4. The summed E-state index contributed by atoms with van der Waals surface area (Å²) in [6, 6.07) is 9.08. The molecule has 1 saturated heterocycles. The second-order valence-electron chi connectivity index (χ2n) is 9.40. The Bertz CT molecular complexity index is 852. The monoisotopic (exact) mass is 420 g/mol. The number of aryl methyl sites for hydroxylation is 2. The fourth-order valence-corrected chi connectivity index (χ4v) is 5.10. The maximum Gasteiger partial charge on any atom is 0.274 e. The third-order valence-electron chi connectivity index (χ3n) is 7.15. The second-order valence-corrected chi connectivity index (χ2v) is 9.40. The minimum Gasteiger partial charge on any atom is -0.334 e. The number of aromatic nitrogens is 2. The Labute approximate surface area is 186 Å². The number of carbonyl (C=O) groups excluding carboxylic acids is 1. The molecule has 166 valence electrons. The smallest absolute Gasteiger partial charge is 0.274 e. The van der Waals surface area contributed by atoms with Gasteiger partial charge in [-0.05, 0) is 76.1 Å². The van der Waals surface area contributed by atoms with Gasteiger partial charge in [0.25, 0.3) is 5.91 Å². The molecule has 31 heavy (non-hydrogen) atoms. The number of hydrogen-bond acceptors (Lipinski definition) is 4. The summed E-state index contributed by atoms with van der Waals surface area (Å²) in [4.78, 5) is 26.7. The number of nitrogens with zero attached hydrogens (tertiary/aromatic N) is 4. The Balaban J connectivity index is 1.32. The van der Waals surface area contributed by atoms with Crippen molar-refractivity contribution in [3.63, 3.8) is 0 Å². The maximum absolute atomic E-state index is 13.3. The van der Waals surface area contributed by atoms with E-state index in [-0.39, 0.29) is 5.91 Å². The van der Waals surface area contributed by atoms with E-state index in [0.29, 0.717) is 17.7 Å². The topological polar surface area (TPSA) is 49.3 Å². The number of benzene rings is 1. The highest BCUT2D eigenvalue weighted by atomic mass is 16.2. The van der Waals surface area contributed by atoms with Crippen LogP contribution in [0.5, 0.6) is 0 Å². The first-order chi connectivity index (χ1) is 15.1. The largest absolute Gasteiger partial charge is 0.334 e. The van der Waals surface area contributed by atoms with Crippen molar-refractivity contribution >= 4 is 5.91 Å². The molecule has 0 N–H and O–H groups in total. The lowest BCUT2D eigenvalue weighted by Crippen LogP contribution is -2.45. The van der Waals surface area contributed by atoms with E-state index in [2.05, 4.69) is 51.0 Å². The minimum absolute atomic E-state index is 0.0707. The molecule has 0 bridgehead atoms. The van der Waals surface area contributed by atoms with Gasteiger partial charge in [-0.2, -0.15) is 0 Å². The molecule has 1 aromatic carbocycles. The SMILES string of the molecule is Cc1cnc(C(=O)N(CC2CCN(CCc3ccccc3C)CC2)C2CCCC2)cn1. The third kappa shape index (κ3) is 5.70. The molecule has 2 aromatic rings. The van der Waals surface area contributed by atoms with Crippen molar-refractivity contribution in [2.45, 2.75) is 64.8 Å². The van der Waals surface area contributed by atoms with Crippen molar-refractivity contribution in [2.75, 3.05) is 26.2 Å². The van der Waals surface area contributed by atoms with Crippen molar-refractivity contribution in [1.29, 1.82) is 0 Å². The van der Waals surface area contributed by atoms with Crippen LogP contribution in [0, 0.1) is 19.8 Å². The van der Waals surface area contributed by atoms with Crippen molar-refractivity contribution in [3.8, 4) is 0 Å². The number of piperidine rings is 1. The highest BCUT2D eigenvalue weighted by Crippen LogP contribution is 2.28. The molecule has 5 heteroatoms. The van der Waals surface area contributed by atoms with E-state index in [1.165, 1.54) is 36.8 Å². The van der Waals surface area contributed by atoms with Crippen LogP contribution in [0.15, 0.2) is 36.7 Å². The Morgan fingerprint density at radius 1 is 1.03 bits per heavy atom. The van der Waals surface area contributed by atoms with Gasteiger partial charge in [0.1, 0.15) is 5.69 Å². The van der Waals surface area contributed by atoms with Gasteiger partial charge < -0.3 is 9.80 Å². The van der Waals surface area contributed by atoms with Crippen LogP contribution in [0.4, 0.5) is 0 Å². The third-order valence-corrected chi connectivity index (χ3v) is 7.15. The normalized spacial score (nSPS) is 18.4. The van der Waals surface area contributed by atoms with Crippen molar-refractivity contribution in [1.82, 2.24) is 19.8 Å². The van der Waals surface area contributed by atoms with Crippen LogP contribution in [-0.4, -0.2) is 57.9 Å². The van der Waals surface area contributed by atoms with E-state index in [1.807, 2.05) is 6.92 Å². The van der Waals surface area contributed by atoms with Crippen LogP contribution in [0.2, 0.25) is 0 Å². The Morgan fingerprint density at radius 2 is 1.77 bits per heavy atom. The number of carbonyl (C=O) groups is 1. The summed E-state index contributed by atoms with van der Waals surface area (Å²) in [5.41, 5.74) is 4.19. The van der Waals surface area contributed by atoms with E-state index >= 15 is 0 Å². The molecule has 1 aliphatic carbocycles. The fourth-order valence-electron chi connectivity index (χ4n) is 5.10. The zero-order chi connectivity index (χ0) is 21.6. The van der Waals surface area contributed by atoms with Crippen LogP contribution >= 0.6 is 0 Å². The Hall–Kier alpha value is -2.27. The average Bonchev–Trinajstić information content (AvgIpc) is 3.32. The van der Waals surface area contributed by atoms with Gasteiger partial charge in [0.15, 0.2) is 0 Å². The molecular formula is C26H36N4O. The molecule has 0 spiro atoms. The molecule has 5 nitrogen and oxygen atoms in total. The number of likely N-dealkylation sites (tertiary alicyclic amines) is 1. The Morgan fingerprint density at radius 3 is 2.45 bits per heavy atom. The van der Waals surface area contributed by atoms with Gasteiger partial charge in [0.05, 0.1) is 11.9 Å². The molecule has 1 aromatic heterocycles. The molecule has 1 amide bonds. The quantitative estimate of drug-likeness (QED) is 0.665. The highest BCUT2D eigenvalue weighted by molar-refractivity contribution is 5.92. The first-order valence-electron chi connectivity index (χ1n) is 12.0. The van der Waals surface area contributed by atoms with Gasteiger partial charge >= 0.3 is 0 Å². The molecule has 0 unspecified atom stereocenters. The Kier molecular flexibility index (Phi) is 7.33. The van der Waals surface area contributed by atoms with Gasteiger partial charge in [0.2, 0.25) is 0 Å². The number of rotatable bonds is 7. The predicted molar refractivity (Wildman–Crippen MR) is 124 cm³/mol. The number of hydrogen-bond donors (Lipinski definition) is 0. The molecule has 2 fully saturated rings. The predicted octanol–water partition coefficient (Wildman–Crippen LogP) is 4.43. The molecule has 0 atom stereocenters. The lowest BCUT2D eigenvalue weighted by Gasteiger charge is -2.37. The first kappa shape index (κ1) is 21.9. The minimum atomic E-state index is 0.0707. The van der Waals surface area contributed by atoms with Crippen molar-refractivity contribution in [3.05, 3.63) is 59.2 Å². The van der Waals surface area contributed by atoms with Crippen molar-refractivity contribution < 1.29 is 4.79 Å². The zero-order valence-corrected chi connectivity index (χ0v) is 19.1. The first-order valence-corrected chi connectivity index (χ1v) is 12.0. The van der Waals surface area contributed by atoms with E-state index in [1.54, 1.807) is 12.4 Å². The van der Waals surface area contributed by atoms with E-state index in [0.717, 1.165) is 51.1 Å². The lowest BCUT2D eigenvalue weighted by atomic mass is 9.94. The summed E-state index contributed by atoms with van der Waals surface area (Å²) < 4.78 is 0. The zero-order valence-electron chi connectivity index (χ0n) is 19.1. The van der Waals surface area contributed by atoms with Gasteiger partial charge in [0, 0.05) is 25.3 Å². The van der Waals surface area contributed by atoms with Crippen LogP contribution < -0.4 is 0 Å². The molecule has 4 rings (SSSR count). The fraction of sp³-hybridized carbons (Fsp3) is 0.577. The molecular weight excluding hydrogens is 384 g/mol. The summed E-state index contributed by atoms with van der Waals surface area (Å²) in [6.45, 7) is 8.37. The van der Waals surface area contributed by atoms with Crippen molar-refractivity contribution in [2.24, 2.45) is 5.92 Å². The van der Waals surface area contributed by atoms with Crippen LogP contribution in [-0.2, 0) is 6.42 Å². The molecule has 2 aliphatic rings. The molecule has 1 saturated carbocycles. The molecule has 2 heterocycles. The standard InChI is InChI=1S/C26H36N4O/c1-20-7-3-4-8-23(20)13-16-29-14-11-22(12-15-29)19-30(24-9-5-6-10-24)26(31)25-18-27-21(2)17-28-25/h3-4,7-8,17-18,22,24H,5-6,9-16,19H2,1-2H3. The van der Waals surface area contributed by atoms with Gasteiger partial charge in [-0.25, -0.2) is 4.98 Å². The van der Waals surface area contributed by atoms with Gasteiger partial charge in [-0.1, -0.05) is 37.1 Å². The lowest BCUT2D eigenvalue weighted by molar-refractivity contribution is 0.0592. The summed E-state index contributed by atoms with van der Waals surface area (Å²) in [7, 11) is 0. The van der Waals surface area contributed by atoms with Crippen LogP contribution in [0.1, 0.15) is 65.8 Å². The average molecular weight is 421 g/mol. The van der Waals surface area contributed by atoms with Crippen LogP contribution in [0.3, 0.4) is 0 Å². The number of amides is 1. The molecule has 0 radical (unpaired) electrons. The van der Waals surface area contributed by atoms with Gasteiger partial charge in [-0.3, -0.25) is 9.78 Å². The van der Waals surface area contributed by atoms with E-state index < -0.39 is 0 Å². The van der Waals surface area contributed by atoms with Crippen LogP contribution in [0.25, 0.3) is 0 Å². The van der Waals surface area contributed by atoms with E-state index in [9.17, 15) is 4.79 Å². The summed E-state index contributed by atoms with van der Waals surface area (Å²) in [5.74, 6) is 0.652. The summed E-state index contributed by atoms with van der Waals surface area (Å²) >= 11 is 0. The highest BCUT2D eigenvalue weighted by Gasteiger charge is 2.31. The maximum atomic E-state index is 13.3. The van der Waals surface area contributed by atoms with E-state index in [4.69, 9.17) is 0 Å². The van der Waals surface area contributed by atoms with Gasteiger partial charge in [-0.15, -0.1) is 0 Å².